The Bertz CT molecular complexity index is 693. The van der Waals surface area contributed by atoms with Crippen LogP contribution in [0.25, 0.3) is 10.8 Å². The summed E-state index contributed by atoms with van der Waals surface area (Å²) in [6.07, 6.45) is 1.35. The average molecular weight is 302 g/mol. The summed E-state index contributed by atoms with van der Waals surface area (Å²) in [5, 5.41) is 1.40. The number of rotatable bonds is 3. The van der Waals surface area contributed by atoms with E-state index in [4.69, 9.17) is 0 Å². The zero-order valence-electron chi connectivity index (χ0n) is 11.4. The first-order valence-electron chi connectivity index (χ1n) is 5.98. The van der Waals surface area contributed by atoms with Crippen molar-refractivity contribution in [3.8, 4) is 0 Å². The summed E-state index contributed by atoms with van der Waals surface area (Å²) in [7, 11) is -4.45. The molecule has 19 heavy (non-hydrogen) atoms. The van der Waals surface area contributed by atoms with Crippen LogP contribution in [-0.4, -0.2) is 13.0 Å². The minimum Gasteiger partial charge on any atom is -0.744 e. The fraction of sp³-hybridized carbons (Fsp3) is 0.286. The van der Waals surface area contributed by atoms with Crippen LogP contribution in [-0.2, 0) is 23.0 Å². The van der Waals surface area contributed by atoms with E-state index in [1.807, 2.05) is 32.0 Å². The predicted octanol–water partition coefficient (Wildman–Crippen LogP) is -0.127. The molecule has 0 spiro atoms. The molecule has 0 amide bonds. The van der Waals surface area contributed by atoms with Crippen LogP contribution in [0.5, 0.6) is 0 Å². The van der Waals surface area contributed by atoms with Gasteiger partial charge in [0.15, 0.2) is 0 Å². The van der Waals surface area contributed by atoms with Gasteiger partial charge in [-0.05, 0) is 34.7 Å². The fourth-order valence-corrected chi connectivity index (χ4v) is 3.31. The average Bonchev–Trinajstić information content (AvgIpc) is 2.35. The van der Waals surface area contributed by atoms with Crippen LogP contribution >= 0.6 is 0 Å². The van der Waals surface area contributed by atoms with E-state index in [-0.39, 0.29) is 56.3 Å². The SMILES string of the molecule is CCc1cc(CC)c2ccccc2c1S(=O)(=O)[O-].[K+]. The van der Waals surface area contributed by atoms with E-state index in [0.717, 1.165) is 17.4 Å². The van der Waals surface area contributed by atoms with Crippen LogP contribution in [0.3, 0.4) is 0 Å². The summed E-state index contributed by atoms with van der Waals surface area (Å²) in [5.41, 5.74) is 1.69. The third-order valence-corrected chi connectivity index (χ3v) is 4.15. The molecule has 0 fully saturated rings. The van der Waals surface area contributed by atoms with E-state index in [2.05, 4.69) is 0 Å². The second-order valence-electron chi connectivity index (χ2n) is 4.23. The number of benzene rings is 2. The van der Waals surface area contributed by atoms with Crippen molar-refractivity contribution in [1.82, 2.24) is 0 Å². The summed E-state index contributed by atoms with van der Waals surface area (Å²) >= 11 is 0. The van der Waals surface area contributed by atoms with Gasteiger partial charge >= 0.3 is 51.4 Å². The van der Waals surface area contributed by atoms with Gasteiger partial charge in [0.05, 0.1) is 4.90 Å². The molecule has 0 atom stereocenters. The monoisotopic (exact) mass is 302 g/mol. The van der Waals surface area contributed by atoms with Crippen LogP contribution in [0.4, 0.5) is 0 Å². The Morgan fingerprint density at radius 3 is 2.00 bits per heavy atom. The molecule has 96 valence electrons. The van der Waals surface area contributed by atoms with Crippen LogP contribution < -0.4 is 51.4 Å². The van der Waals surface area contributed by atoms with Gasteiger partial charge in [0.2, 0.25) is 0 Å². The quantitative estimate of drug-likeness (QED) is 0.586. The van der Waals surface area contributed by atoms with Gasteiger partial charge in [-0.1, -0.05) is 44.2 Å². The summed E-state index contributed by atoms with van der Waals surface area (Å²) < 4.78 is 34.4. The topological polar surface area (TPSA) is 57.2 Å². The van der Waals surface area contributed by atoms with Crippen molar-refractivity contribution in [3.63, 3.8) is 0 Å². The van der Waals surface area contributed by atoms with Crippen LogP contribution in [0.15, 0.2) is 35.2 Å². The maximum Gasteiger partial charge on any atom is 1.00 e. The largest absolute Gasteiger partial charge is 1.00 e. The summed E-state index contributed by atoms with van der Waals surface area (Å²) in [6.45, 7) is 3.88. The van der Waals surface area contributed by atoms with Crippen LogP contribution in [0, 0.1) is 0 Å². The van der Waals surface area contributed by atoms with Gasteiger partial charge < -0.3 is 4.55 Å². The van der Waals surface area contributed by atoms with E-state index in [1.165, 1.54) is 0 Å². The maximum atomic E-state index is 11.5. The molecule has 0 radical (unpaired) electrons. The molecule has 2 aromatic carbocycles. The van der Waals surface area contributed by atoms with Crippen molar-refractivity contribution in [2.75, 3.05) is 0 Å². The van der Waals surface area contributed by atoms with E-state index in [1.54, 1.807) is 12.1 Å². The molecule has 0 bridgehead atoms. The Labute approximate surface area is 156 Å². The molecule has 0 aliphatic carbocycles. The third-order valence-electron chi connectivity index (χ3n) is 3.17. The van der Waals surface area contributed by atoms with Gasteiger partial charge in [-0.2, -0.15) is 0 Å². The molecule has 0 heterocycles. The van der Waals surface area contributed by atoms with Crippen molar-refractivity contribution < 1.29 is 64.4 Å². The molecular formula is C14H15KO3S. The van der Waals surface area contributed by atoms with Crippen molar-refractivity contribution in [3.05, 3.63) is 41.5 Å². The van der Waals surface area contributed by atoms with Gasteiger partial charge in [-0.25, -0.2) is 8.42 Å². The molecule has 5 heteroatoms. The van der Waals surface area contributed by atoms with E-state index in [9.17, 15) is 13.0 Å². The number of aryl methyl sites for hydroxylation is 2. The van der Waals surface area contributed by atoms with E-state index < -0.39 is 10.1 Å². The minimum atomic E-state index is -4.45. The molecule has 0 saturated carbocycles. The van der Waals surface area contributed by atoms with Gasteiger partial charge in [0.1, 0.15) is 10.1 Å². The normalized spacial score (nSPS) is 11.3. The smallest absolute Gasteiger partial charge is 0.744 e. The molecule has 3 nitrogen and oxygen atoms in total. The molecule has 0 N–H and O–H groups in total. The summed E-state index contributed by atoms with van der Waals surface area (Å²) in [6, 6.07) is 9.03. The zero-order chi connectivity index (χ0) is 13.3. The first-order chi connectivity index (χ1) is 8.49. The van der Waals surface area contributed by atoms with Crippen molar-refractivity contribution >= 4 is 20.9 Å². The van der Waals surface area contributed by atoms with Crippen molar-refractivity contribution in [2.24, 2.45) is 0 Å². The molecule has 0 saturated heterocycles. The molecule has 2 aromatic rings. The first kappa shape index (κ1) is 17.3. The second-order valence-corrected chi connectivity index (χ2v) is 5.55. The molecule has 0 aliphatic rings. The molecular weight excluding hydrogens is 287 g/mol. The zero-order valence-corrected chi connectivity index (χ0v) is 15.4. The summed E-state index contributed by atoms with van der Waals surface area (Å²) in [5.74, 6) is 0. The van der Waals surface area contributed by atoms with Gasteiger partial charge in [0.25, 0.3) is 0 Å². The predicted molar refractivity (Wildman–Crippen MR) is 70.7 cm³/mol. The van der Waals surface area contributed by atoms with E-state index in [0.29, 0.717) is 17.4 Å². The van der Waals surface area contributed by atoms with Crippen molar-refractivity contribution in [1.29, 1.82) is 0 Å². The number of hydrogen-bond donors (Lipinski definition) is 0. The standard InChI is InChI=1S/C14H16O3S.K/c1-3-10-9-11(4-2)14(18(15,16)17)13-8-6-5-7-12(10)13;/h5-9H,3-4H2,1-2H3,(H,15,16,17);/q;+1/p-1. The van der Waals surface area contributed by atoms with Gasteiger partial charge in [0, 0.05) is 0 Å². The molecule has 0 aliphatic heterocycles. The van der Waals surface area contributed by atoms with Crippen LogP contribution in [0.1, 0.15) is 25.0 Å². The Balaban J connectivity index is 0.00000180. The fourth-order valence-electron chi connectivity index (χ4n) is 2.34. The van der Waals surface area contributed by atoms with Gasteiger partial charge in [-0.3, -0.25) is 0 Å². The van der Waals surface area contributed by atoms with Gasteiger partial charge in [-0.15, -0.1) is 0 Å². The Kier molecular flexibility index (Phi) is 6.19. The van der Waals surface area contributed by atoms with Crippen molar-refractivity contribution in [2.45, 2.75) is 31.6 Å². The molecule has 2 rings (SSSR count). The number of fused-ring (bicyclic) bond motifs is 1. The number of hydrogen-bond acceptors (Lipinski definition) is 3. The van der Waals surface area contributed by atoms with Crippen LogP contribution in [0.2, 0.25) is 0 Å². The third kappa shape index (κ3) is 3.47. The minimum absolute atomic E-state index is 0. The molecule has 0 unspecified atom stereocenters. The molecule has 0 aromatic heterocycles. The Morgan fingerprint density at radius 2 is 1.53 bits per heavy atom. The Morgan fingerprint density at radius 1 is 1.00 bits per heavy atom. The van der Waals surface area contributed by atoms with E-state index >= 15 is 0 Å². The first-order valence-corrected chi connectivity index (χ1v) is 7.39. The maximum absolute atomic E-state index is 11.5. The Hall–Kier alpha value is 0.246. The summed E-state index contributed by atoms with van der Waals surface area (Å²) in [4.78, 5) is -0.0576. The second kappa shape index (κ2) is 6.80.